The number of halogens is 1. The Balaban J connectivity index is 1.84. The molecule has 0 amide bonds. The summed E-state index contributed by atoms with van der Waals surface area (Å²) in [7, 11) is 0. The number of benzene rings is 2. The Morgan fingerprint density at radius 3 is 2.33 bits per heavy atom. The summed E-state index contributed by atoms with van der Waals surface area (Å²) in [5.74, 6) is 0.470. The molecule has 2 aromatic carbocycles. The van der Waals surface area contributed by atoms with Gasteiger partial charge >= 0.3 is 5.97 Å². The highest BCUT2D eigenvalue weighted by molar-refractivity contribution is 9.10. The van der Waals surface area contributed by atoms with Gasteiger partial charge in [0.05, 0.1) is 5.56 Å². The highest BCUT2D eigenvalue weighted by Crippen LogP contribution is 2.19. The molecule has 0 aromatic heterocycles. The molecule has 0 unspecified atom stereocenters. The second kappa shape index (κ2) is 7.13. The molecule has 1 N–H and O–H groups in total. The third-order valence-corrected chi connectivity index (χ3v) is 3.34. The minimum Gasteiger partial charge on any atom is -0.490 e. The predicted molar refractivity (Wildman–Crippen MR) is 83.3 cm³/mol. The van der Waals surface area contributed by atoms with E-state index in [4.69, 9.17) is 14.6 Å². The van der Waals surface area contributed by atoms with E-state index >= 15 is 0 Å². The number of aromatic carboxylic acids is 1. The molecule has 2 rings (SSSR count). The van der Waals surface area contributed by atoms with E-state index in [9.17, 15) is 4.79 Å². The van der Waals surface area contributed by atoms with Gasteiger partial charge in [-0.3, -0.25) is 0 Å². The van der Waals surface area contributed by atoms with Gasteiger partial charge in [0, 0.05) is 4.47 Å². The molecule has 0 bridgehead atoms. The molecule has 110 valence electrons. The van der Waals surface area contributed by atoms with Crippen LogP contribution in [-0.2, 0) is 0 Å². The lowest BCUT2D eigenvalue weighted by atomic mass is 10.1. The van der Waals surface area contributed by atoms with Crippen molar-refractivity contribution in [1.29, 1.82) is 0 Å². The maximum atomic E-state index is 10.9. The summed E-state index contributed by atoms with van der Waals surface area (Å²) >= 11 is 3.37. The second-order valence-corrected chi connectivity index (χ2v) is 5.35. The van der Waals surface area contributed by atoms with Gasteiger partial charge in [-0.25, -0.2) is 4.79 Å². The zero-order chi connectivity index (χ0) is 15.2. The van der Waals surface area contributed by atoms with Crippen molar-refractivity contribution in [3.8, 4) is 11.5 Å². The highest BCUT2D eigenvalue weighted by Gasteiger charge is 2.07. The van der Waals surface area contributed by atoms with Crippen LogP contribution in [0.25, 0.3) is 0 Å². The Labute approximate surface area is 131 Å². The molecule has 0 aliphatic carbocycles. The van der Waals surface area contributed by atoms with Crippen LogP contribution in [0.5, 0.6) is 11.5 Å². The smallest absolute Gasteiger partial charge is 0.335 e. The fourth-order valence-electron chi connectivity index (χ4n) is 1.84. The van der Waals surface area contributed by atoms with Crippen LogP contribution in [0.3, 0.4) is 0 Å². The van der Waals surface area contributed by atoms with Crippen molar-refractivity contribution in [2.24, 2.45) is 0 Å². The lowest BCUT2D eigenvalue weighted by Crippen LogP contribution is -2.09. The molecule has 0 saturated carbocycles. The summed E-state index contributed by atoms with van der Waals surface area (Å²) in [6, 6.07) is 12.5. The molecule has 2 aromatic rings. The average molecular weight is 351 g/mol. The van der Waals surface area contributed by atoms with Gasteiger partial charge < -0.3 is 14.6 Å². The molecule has 0 spiro atoms. The first-order valence-electron chi connectivity index (χ1n) is 6.41. The van der Waals surface area contributed by atoms with Crippen LogP contribution in [0.4, 0.5) is 0 Å². The van der Waals surface area contributed by atoms with Crippen LogP contribution in [0.1, 0.15) is 15.9 Å². The van der Waals surface area contributed by atoms with E-state index in [-0.39, 0.29) is 5.56 Å². The van der Waals surface area contributed by atoms with E-state index < -0.39 is 5.97 Å². The normalized spacial score (nSPS) is 10.2. The van der Waals surface area contributed by atoms with Crippen LogP contribution in [-0.4, -0.2) is 24.3 Å². The minimum absolute atomic E-state index is 0.285. The van der Waals surface area contributed by atoms with Crippen molar-refractivity contribution in [2.45, 2.75) is 6.92 Å². The van der Waals surface area contributed by atoms with E-state index in [1.807, 2.05) is 24.3 Å². The van der Waals surface area contributed by atoms with Gasteiger partial charge in [-0.2, -0.15) is 0 Å². The van der Waals surface area contributed by atoms with Gasteiger partial charge in [0.2, 0.25) is 0 Å². The van der Waals surface area contributed by atoms with Gasteiger partial charge in [-0.05, 0) is 48.9 Å². The molecule has 0 aliphatic rings. The van der Waals surface area contributed by atoms with Gasteiger partial charge in [-0.1, -0.05) is 22.0 Å². The van der Waals surface area contributed by atoms with Crippen LogP contribution in [0.2, 0.25) is 0 Å². The first-order chi connectivity index (χ1) is 10.1. The molecule has 0 saturated heterocycles. The monoisotopic (exact) mass is 350 g/mol. The average Bonchev–Trinajstić information content (AvgIpc) is 2.43. The molecule has 21 heavy (non-hydrogen) atoms. The SMILES string of the molecule is Cc1cc(OCCOc2cccc(Br)c2)ccc1C(=O)O. The standard InChI is InChI=1S/C16H15BrO4/c1-11-9-14(5-6-15(11)16(18)19)21-8-7-20-13-4-2-3-12(17)10-13/h2-6,9-10H,7-8H2,1H3,(H,18,19). The third-order valence-electron chi connectivity index (χ3n) is 2.85. The van der Waals surface area contributed by atoms with Gasteiger partial charge in [-0.15, -0.1) is 0 Å². The van der Waals surface area contributed by atoms with E-state index in [1.165, 1.54) is 0 Å². The molecule has 0 fully saturated rings. The van der Waals surface area contributed by atoms with Crippen molar-refractivity contribution in [3.05, 3.63) is 58.1 Å². The van der Waals surface area contributed by atoms with Crippen LogP contribution in [0, 0.1) is 6.92 Å². The Bertz CT molecular complexity index is 640. The largest absolute Gasteiger partial charge is 0.490 e. The summed E-state index contributed by atoms with van der Waals surface area (Å²) in [6.45, 7) is 2.54. The molecule has 0 radical (unpaired) electrons. The Kier molecular flexibility index (Phi) is 5.22. The summed E-state index contributed by atoms with van der Waals surface area (Å²) in [6.07, 6.45) is 0. The molecule has 0 atom stereocenters. The van der Waals surface area contributed by atoms with Gasteiger partial charge in [0.25, 0.3) is 0 Å². The minimum atomic E-state index is -0.933. The summed E-state index contributed by atoms with van der Waals surface area (Å²) in [5, 5.41) is 8.95. The van der Waals surface area contributed by atoms with Crippen molar-refractivity contribution in [2.75, 3.05) is 13.2 Å². The quantitative estimate of drug-likeness (QED) is 0.802. The number of ether oxygens (including phenoxy) is 2. The zero-order valence-electron chi connectivity index (χ0n) is 11.5. The van der Waals surface area contributed by atoms with Gasteiger partial charge in [0.15, 0.2) is 0 Å². The van der Waals surface area contributed by atoms with Crippen LogP contribution < -0.4 is 9.47 Å². The lowest BCUT2D eigenvalue weighted by Gasteiger charge is -2.10. The molecular formula is C16H15BrO4. The van der Waals surface area contributed by atoms with E-state index in [0.29, 0.717) is 24.5 Å². The Morgan fingerprint density at radius 1 is 1.10 bits per heavy atom. The van der Waals surface area contributed by atoms with Crippen molar-refractivity contribution >= 4 is 21.9 Å². The summed E-state index contributed by atoms with van der Waals surface area (Å²) < 4.78 is 12.1. The van der Waals surface area contributed by atoms with Crippen LogP contribution in [0.15, 0.2) is 46.9 Å². The third kappa shape index (κ3) is 4.49. The maximum Gasteiger partial charge on any atom is 0.335 e. The number of carboxylic acid groups (broad SMARTS) is 1. The number of rotatable bonds is 6. The second-order valence-electron chi connectivity index (χ2n) is 4.44. The van der Waals surface area contributed by atoms with Crippen molar-refractivity contribution < 1.29 is 19.4 Å². The lowest BCUT2D eigenvalue weighted by molar-refractivity contribution is 0.0696. The molecule has 5 heteroatoms. The zero-order valence-corrected chi connectivity index (χ0v) is 13.1. The fraction of sp³-hybridized carbons (Fsp3) is 0.188. The van der Waals surface area contributed by atoms with Gasteiger partial charge in [0.1, 0.15) is 24.7 Å². The number of hydrogen-bond donors (Lipinski definition) is 1. The fourth-order valence-corrected chi connectivity index (χ4v) is 2.22. The Morgan fingerprint density at radius 2 is 1.76 bits per heavy atom. The number of aryl methyl sites for hydroxylation is 1. The number of carbonyl (C=O) groups is 1. The first-order valence-corrected chi connectivity index (χ1v) is 7.20. The summed E-state index contributed by atoms with van der Waals surface area (Å²) in [5.41, 5.74) is 0.959. The number of carboxylic acids is 1. The highest BCUT2D eigenvalue weighted by atomic mass is 79.9. The van der Waals surface area contributed by atoms with E-state index in [1.54, 1.807) is 25.1 Å². The van der Waals surface area contributed by atoms with E-state index in [2.05, 4.69) is 15.9 Å². The first kappa shape index (κ1) is 15.4. The predicted octanol–water partition coefficient (Wildman–Crippen LogP) is 3.91. The van der Waals surface area contributed by atoms with Crippen molar-refractivity contribution in [3.63, 3.8) is 0 Å². The number of hydrogen-bond acceptors (Lipinski definition) is 3. The molecule has 0 aliphatic heterocycles. The topological polar surface area (TPSA) is 55.8 Å². The molecule has 0 heterocycles. The molecular weight excluding hydrogens is 336 g/mol. The van der Waals surface area contributed by atoms with Crippen LogP contribution >= 0.6 is 15.9 Å². The Hall–Kier alpha value is -2.01. The van der Waals surface area contributed by atoms with E-state index in [0.717, 1.165) is 10.2 Å². The maximum absolute atomic E-state index is 10.9. The van der Waals surface area contributed by atoms with Crippen molar-refractivity contribution in [1.82, 2.24) is 0 Å². The molecule has 4 nitrogen and oxygen atoms in total. The summed E-state index contributed by atoms with van der Waals surface area (Å²) in [4.78, 5) is 10.9.